The van der Waals surface area contributed by atoms with Gasteiger partial charge in [0.25, 0.3) is 0 Å². The molecule has 0 radical (unpaired) electrons. The van der Waals surface area contributed by atoms with Crippen molar-refractivity contribution in [1.29, 1.82) is 0 Å². The predicted molar refractivity (Wildman–Crippen MR) is 89.3 cm³/mol. The van der Waals surface area contributed by atoms with E-state index in [1.54, 1.807) is 0 Å². The van der Waals surface area contributed by atoms with Gasteiger partial charge in [-0.1, -0.05) is 36.7 Å². The molecule has 0 spiro atoms. The zero-order valence-corrected chi connectivity index (χ0v) is 13.8. The molecule has 0 aromatic heterocycles. The minimum atomic E-state index is 0.741. The average molecular weight is 357 g/mol. The number of para-hydroxylation sites is 1. The number of hydrogen-bond donors (Lipinski definition) is 1. The number of hydrogen-bond acceptors (Lipinski definition) is 2. The zero-order valence-electron chi connectivity index (χ0n) is 10.6. The van der Waals surface area contributed by atoms with Crippen molar-refractivity contribution in [3.63, 3.8) is 0 Å². The van der Waals surface area contributed by atoms with Crippen LogP contribution in [0.3, 0.4) is 0 Å². The summed E-state index contributed by atoms with van der Waals surface area (Å²) in [7, 11) is 0. The van der Waals surface area contributed by atoms with E-state index in [-0.39, 0.29) is 0 Å². The largest absolute Gasteiger partial charge is 0.380 e. The number of rotatable bonds is 5. The highest BCUT2D eigenvalue weighted by atomic mass is 79.9. The summed E-state index contributed by atoms with van der Waals surface area (Å²) < 4.78 is 0.935. The highest BCUT2D eigenvalue weighted by Gasteiger charge is 2.02. The summed E-state index contributed by atoms with van der Waals surface area (Å²) in [4.78, 5) is 1.29. The molecule has 1 nitrogen and oxygen atoms in total. The maximum Gasteiger partial charge on any atom is 0.0548 e. The van der Waals surface area contributed by atoms with Crippen molar-refractivity contribution in [1.82, 2.24) is 0 Å². The summed E-state index contributed by atoms with van der Waals surface area (Å²) in [5.41, 5.74) is 2.38. The molecule has 4 heteroatoms. The number of thioether (sulfide) groups is 1. The molecule has 0 aliphatic rings. The van der Waals surface area contributed by atoms with E-state index in [0.29, 0.717) is 0 Å². The lowest BCUT2D eigenvalue weighted by molar-refractivity contribution is 1.13. The fraction of sp³-hybridized carbons (Fsp3) is 0.200. The van der Waals surface area contributed by atoms with E-state index in [2.05, 4.69) is 52.4 Å². The Morgan fingerprint density at radius 2 is 2.00 bits per heavy atom. The molecule has 2 rings (SSSR count). The number of benzene rings is 2. The van der Waals surface area contributed by atoms with Crippen LogP contribution in [-0.2, 0) is 6.54 Å². The molecule has 0 amide bonds. The third-order valence-electron chi connectivity index (χ3n) is 2.65. The summed E-state index contributed by atoms with van der Waals surface area (Å²) in [6, 6.07) is 14.4. The van der Waals surface area contributed by atoms with Crippen molar-refractivity contribution in [2.45, 2.75) is 18.4 Å². The van der Waals surface area contributed by atoms with Crippen LogP contribution in [0.15, 0.2) is 51.8 Å². The Kier molecular flexibility index (Phi) is 5.61. The molecule has 100 valence electrons. The van der Waals surface area contributed by atoms with Gasteiger partial charge in [-0.2, -0.15) is 0 Å². The second-order valence-corrected chi connectivity index (χ2v) is 6.60. The van der Waals surface area contributed by atoms with Gasteiger partial charge in [-0.25, -0.2) is 0 Å². The average Bonchev–Trinajstić information content (AvgIpc) is 2.42. The van der Waals surface area contributed by atoms with Crippen molar-refractivity contribution < 1.29 is 0 Å². The molecule has 0 fully saturated rings. The molecule has 19 heavy (non-hydrogen) atoms. The van der Waals surface area contributed by atoms with Crippen LogP contribution in [-0.4, -0.2) is 5.75 Å². The summed E-state index contributed by atoms with van der Waals surface area (Å²) in [5.74, 6) is 1.07. The van der Waals surface area contributed by atoms with Crippen molar-refractivity contribution in [3.8, 4) is 0 Å². The van der Waals surface area contributed by atoms with Gasteiger partial charge >= 0.3 is 0 Å². The van der Waals surface area contributed by atoms with Crippen molar-refractivity contribution in [2.75, 3.05) is 11.1 Å². The highest BCUT2D eigenvalue weighted by Crippen LogP contribution is 2.28. The molecule has 2 aromatic rings. The quantitative estimate of drug-likeness (QED) is 0.677. The van der Waals surface area contributed by atoms with Crippen molar-refractivity contribution >= 4 is 45.0 Å². The summed E-state index contributed by atoms with van der Waals surface area (Å²) in [5, 5.41) is 4.22. The van der Waals surface area contributed by atoms with Crippen molar-refractivity contribution in [2.24, 2.45) is 0 Å². The Morgan fingerprint density at radius 3 is 2.74 bits per heavy atom. The van der Waals surface area contributed by atoms with Crippen LogP contribution < -0.4 is 5.32 Å². The van der Waals surface area contributed by atoms with E-state index in [4.69, 9.17) is 11.6 Å². The van der Waals surface area contributed by atoms with Crippen LogP contribution in [0.5, 0.6) is 0 Å². The summed E-state index contributed by atoms with van der Waals surface area (Å²) in [6.45, 7) is 2.95. The Morgan fingerprint density at radius 1 is 1.21 bits per heavy atom. The minimum absolute atomic E-state index is 0.741. The van der Waals surface area contributed by atoms with Gasteiger partial charge in [0.15, 0.2) is 0 Å². The van der Waals surface area contributed by atoms with Gasteiger partial charge in [0, 0.05) is 21.6 Å². The zero-order chi connectivity index (χ0) is 13.7. The topological polar surface area (TPSA) is 12.0 Å². The Labute approximate surface area is 131 Å². The first kappa shape index (κ1) is 14.8. The second-order valence-electron chi connectivity index (χ2n) is 4.03. The van der Waals surface area contributed by atoms with Gasteiger partial charge in [0.05, 0.1) is 5.02 Å². The van der Waals surface area contributed by atoms with E-state index in [1.807, 2.05) is 30.0 Å². The third kappa shape index (κ3) is 4.16. The Bertz CT molecular complexity index is 560. The number of anilines is 1. The maximum atomic E-state index is 5.99. The molecule has 1 N–H and O–H groups in total. The van der Waals surface area contributed by atoms with Crippen LogP contribution in [0.1, 0.15) is 12.5 Å². The van der Waals surface area contributed by atoms with Gasteiger partial charge < -0.3 is 5.32 Å². The Hall–Kier alpha value is -0.640. The molecule has 0 bridgehead atoms. The van der Waals surface area contributed by atoms with E-state index < -0.39 is 0 Å². The Balaban J connectivity index is 2.07. The van der Waals surface area contributed by atoms with Crippen LogP contribution in [0.25, 0.3) is 0 Å². The lowest BCUT2D eigenvalue weighted by Gasteiger charge is -2.11. The predicted octanol–water partition coefficient (Wildman–Crippen LogP) is 5.83. The first-order chi connectivity index (χ1) is 9.20. The van der Waals surface area contributed by atoms with Crippen molar-refractivity contribution in [3.05, 3.63) is 57.5 Å². The second kappa shape index (κ2) is 7.22. The molecule has 2 aromatic carbocycles. The van der Waals surface area contributed by atoms with Crippen LogP contribution in [0, 0.1) is 0 Å². The van der Waals surface area contributed by atoms with Gasteiger partial charge in [-0.3, -0.25) is 0 Å². The van der Waals surface area contributed by atoms with E-state index >= 15 is 0 Å². The molecule has 0 aliphatic carbocycles. The van der Waals surface area contributed by atoms with Gasteiger partial charge in [0.2, 0.25) is 0 Å². The molecular formula is C15H15BrClNS. The molecule has 0 heterocycles. The fourth-order valence-electron chi connectivity index (χ4n) is 1.74. The van der Waals surface area contributed by atoms with Crippen LogP contribution >= 0.6 is 39.3 Å². The molecule has 0 saturated carbocycles. The van der Waals surface area contributed by atoms with Gasteiger partial charge in [0.1, 0.15) is 0 Å². The first-order valence-corrected chi connectivity index (χ1v) is 8.26. The smallest absolute Gasteiger partial charge is 0.0548 e. The van der Waals surface area contributed by atoms with E-state index in [1.165, 1.54) is 16.1 Å². The fourth-order valence-corrected chi connectivity index (χ4v) is 3.07. The van der Waals surface area contributed by atoms with E-state index in [0.717, 1.165) is 21.8 Å². The van der Waals surface area contributed by atoms with Crippen LogP contribution in [0.2, 0.25) is 5.02 Å². The normalized spacial score (nSPS) is 10.5. The molecule has 0 aliphatic heterocycles. The highest BCUT2D eigenvalue weighted by molar-refractivity contribution is 9.10. The molecule has 0 saturated heterocycles. The molecule has 0 unspecified atom stereocenters. The first-order valence-electron chi connectivity index (χ1n) is 6.10. The SMILES string of the molecule is CCSc1ccccc1NCc1ccc(Cl)c(Br)c1. The summed E-state index contributed by atoms with van der Waals surface area (Å²) in [6.07, 6.45) is 0. The number of nitrogens with one attached hydrogen (secondary N) is 1. The third-order valence-corrected chi connectivity index (χ3v) is 4.82. The molecule has 0 atom stereocenters. The lowest BCUT2D eigenvalue weighted by atomic mass is 10.2. The van der Waals surface area contributed by atoms with Crippen LogP contribution in [0.4, 0.5) is 5.69 Å². The monoisotopic (exact) mass is 355 g/mol. The van der Waals surface area contributed by atoms with Gasteiger partial charge in [-0.15, -0.1) is 11.8 Å². The van der Waals surface area contributed by atoms with Gasteiger partial charge in [-0.05, 0) is 51.5 Å². The standard InChI is InChI=1S/C15H15BrClNS/c1-2-19-15-6-4-3-5-14(15)18-10-11-7-8-13(17)12(16)9-11/h3-9,18H,2,10H2,1H3. The lowest BCUT2D eigenvalue weighted by Crippen LogP contribution is -2.00. The molecular weight excluding hydrogens is 342 g/mol. The minimum Gasteiger partial charge on any atom is -0.380 e. The maximum absolute atomic E-state index is 5.99. The summed E-state index contributed by atoms with van der Waals surface area (Å²) >= 11 is 11.3. The number of halogens is 2. The van der Waals surface area contributed by atoms with E-state index in [9.17, 15) is 0 Å².